The SMILES string of the molecule is CC(C)(C)[C@@H](NCC[C@H](N)C(=O)NCCN)c1nc(-c2cc(F)ccc2F)cn1Cc1ccccc1. The monoisotopic (exact) mass is 498 g/mol. The van der Waals surface area contributed by atoms with E-state index in [1.807, 2.05) is 34.9 Å². The summed E-state index contributed by atoms with van der Waals surface area (Å²) in [6.45, 7) is 7.91. The van der Waals surface area contributed by atoms with Crippen molar-refractivity contribution in [2.24, 2.45) is 16.9 Å². The number of rotatable bonds is 11. The number of aromatic nitrogens is 2. The second kappa shape index (κ2) is 12.2. The minimum Gasteiger partial charge on any atom is -0.353 e. The first-order valence-electron chi connectivity index (χ1n) is 12.1. The van der Waals surface area contributed by atoms with Crippen LogP contribution in [0, 0.1) is 17.0 Å². The smallest absolute Gasteiger partial charge is 0.237 e. The van der Waals surface area contributed by atoms with E-state index in [0.29, 0.717) is 44.1 Å². The second-order valence-electron chi connectivity index (χ2n) is 9.95. The Morgan fingerprint density at radius 3 is 2.50 bits per heavy atom. The lowest BCUT2D eigenvalue weighted by Gasteiger charge is -2.32. The normalized spacial score (nSPS) is 13.4. The predicted molar refractivity (Wildman–Crippen MR) is 138 cm³/mol. The van der Waals surface area contributed by atoms with Crippen molar-refractivity contribution in [3.8, 4) is 11.3 Å². The summed E-state index contributed by atoms with van der Waals surface area (Å²) in [5.74, 6) is -0.629. The molecule has 0 aliphatic heterocycles. The van der Waals surface area contributed by atoms with Gasteiger partial charge in [0.15, 0.2) is 0 Å². The zero-order valence-electron chi connectivity index (χ0n) is 21.1. The highest BCUT2D eigenvalue weighted by Crippen LogP contribution is 2.34. The summed E-state index contributed by atoms with van der Waals surface area (Å²) in [5, 5.41) is 6.20. The molecule has 194 valence electrons. The van der Waals surface area contributed by atoms with E-state index in [-0.39, 0.29) is 22.9 Å². The van der Waals surface area contributed by atoms with Crippen molar-refractivity contribution in [1.82, 2.24) is 20.2 Å². The lowest BCUT2D eigenvalue weighted by Crippen LogP contribution is -2.44. The molecule has 2 atom stereocenters. The van der Waals surface area contributed by atoms with Crippen molar-refractivity contribution in [3.05, 3.63) is 77.8 Å². The van der Waals surface area contributed by atoms with E-state index in [4.69, 9.17) is 16.5 Å². The number of nitrogens with two attached hydrogens (primary N) is 2. The van der Waals surface area contributed by atoms with Crippen LogP contribution >= 0.6 is 0 Å². The van der Waals surface area contributed by atoms with E-state index in [1.165, 1.54) is 0 Å². The van der Waals surface area contributed by atoms with Crippen LogP contribution in [0.3, 0.4) is 0 Å². The van der Waals surface area contributed by atoms with Crippen LogP contribution in [-0.4, -0.2) is 41.1 Å². The molecule has 1 aromatic heterocycles. The molecule has 36 heavy (non-hydrogen) atoms. The molecule has 1 amide bonds. The minimum atomic E-state index is -0.675. The summed E-state index contributed by atoms with van der Waals surface area (Å²) in [6, 6.07) is 12.3. The Balaban J connectivity index is 1.92. The van der Waals surface area contributed by atoms with Gasteiger partial charge in [-0.15, -0.1) is 0 Å². The van der Waals surface area contributed by atoms with Crippen LogP contribution in [0.25, 0.3) is 11.3 Å². The summed E-state index contributed by atoms with van der Waals surface area (Å²) in [5.41, 5.74) is 12.7. The van der Waals surface area contributed by atoms with Gasteiger partial charge in [-0.3, -0.25) is 4.79 Å². The number of imidazole rings is 1. The molecule has 0 aliphatic rings. The molecule has 0 fully saturated rings. The first-order chi connectivity index (χ1) is 17.1. The van der Waals surface area contributed by atoms with E-state index in [9.17, 15) is 13.6 Å². The van der Waals surface area contributed by atoms with Gasteiger partial charge in [-0.25, -0.2) is 13.8 Å². The Kier molecular flexibility index (Phi) is 9.31. The number of hydrogen-bond acceptors (Lipinski definition) is 5. The molecule has 1 heterocycles. The molecule has 6 N–H and O–H groups in total. The molecule has 0 aliphatic carbocycles. The largest absolute Gasteiger partial charge is 0.353 e. The third-order valence-corrected chi connectivity index (χ3v) is 5.92. The van der Waals surface area contributed by atoms with E-state index >= 15 is 0 Å². The van der Waals surface area contributed by atoms with E-state index < -0.39 is 17.7 Å². The molecule has 0 saturated heterocycles. The van der Waals surface area contributed by atoms with Gasteiger partial charge in [0.2, 0.25) is 5.91 Å². The fourth-order valence-electron chi connectivity index (χ4n) is 4.02. The summed E-state index contributed by atoms with van der Waals surface area (Å²) >= 11 is 0. The predicted octanol–water partition coefficient (Wildman–Crippen LogP) is 3.35. The third kappa shape index (κ3) is 7.19. The summed E-state index contributed by atoms with van der Waals surface area (Å²) in [6.07, 6.45) is 2.17. The van der Waals surface area contributed by atoms with Crippen LogP contribution in [-0.2, 0) is 11.3 Å². The number of carbonyl (C=O) groups is 1. The molecule has 0 spiro atoms. The van der Waals surface area contributed by atoms with Gasteiger partial charge in [0.05, 0.1) is 17.8 Å². The number of halogens is 2. The average molecular weight is 499 g/mol. The van der Waals surface area contributed by atoms with E-state index in [2.05, 4.69) is 31.4 Å². The van der Waals surface area contributed by atoms with Gasteiger partial charge in [-0.05, 0) is 42.1 Å². The summed E-state index contributed by atoms with van der Waals surface area (Å²) in [7, 11) is 0. The lowest BCUT2D eigenvalue weighted by molar-refractivity contribution is -0.122. The summed E-state index contributed by atoms with van der Waals surface area (Å²) < 4.78 is 30.5. The highest BCUT2D eigenvalue weighted by Gasteiger charge is 2.31. The van der Waals surface area contributed by atoms with Crippen molar-refractivity contribution in [3.63, 3.8) is 0 Å². The third-order valence-electron chi connectivity index (χ3n) is 5.92. The number of nitrogens with one attached hydrogen (secondary N) is 2. The second-order valence-corrected chi connectivity index (χ2v) is 9.95. The van der Waals surface area contributed by atoms with Crippen LogP contribution in [0.5, 0.6) is 0 Å². The maximum atomic E-state index is 14.6. The number of carbonyl (C=O) groups excluding carboxylic acids is 1. The molecule has 7 nitrogen and oxygen atoms in total. The zero-order chi connectivity index (χ0) is 26.3. The molecule has 0 saturated carbocycles. The van der Waals surface area contributed by atoms with Gasteiger partial charge in [0.1, 0.15) is 17.5 Å². The van der Waals surface area contributed by atoms with Gasteiger partial charge >= 0.3 is 0 Å². The van der Waals surface area contributed by atoms with Gasteiger partial charge < -0.3 is 26.7 Å². The maximum Gasteiger partial charge on any atom is 0.237 e. The molecule has 2 aromatic carbocycles. The average Bonchev–Trinajstić information content (AvgIpc) is 3.24. The van der Waals surface area contributed by atoms with Crippen molar-refractivity contribution in [2.75, 3.05) is 19.6 Å². The minimum absolute atomic E-state index is 0.106. The molecule has 3 rings (SSSR count). The van der Waals surface area contributed by atoms with E-state index in [1.54, 1.807) is 6.20 Å². The maximum absolute atomic E-state index is 14.6. The Morgan fingerprint density at radius 2 is 1.83 bits per heavy atom. The molecule has 3 aromatic rings. The molecule has 9 heteroatoms. The number of benzene rings is 2. The van der Waals surface area contributed by atoms with Crippen molar-refractivity contribution in [2.45, 2.75) is 45.8 Å². The lowest BCUT2D eigenvalue weighted by atomic mass is 9.86. The highest BCUT2D eigenvalue weighted by molar-refractivity contribution is 5.81. The van der Waals surface area contributed by atoms with Crippen molar-refractivity contribution >= 4 is 5.91 Å². The molecule has 0 unspecified atom stereocenters. The number of amides is 1. The Labute approximate surface area is 211 Å². The van der Waals surface area contributed by atoms with E-state index in [0.717, 1.165) is 23.8 Å². The molecular weight excluding hydrogens is 462 g/mol. The van der Waals surface area contributed by atoms with Crippen LogP contribution in [0.15, 0.2) is 54.7 Å². The highest BCUT2D eigenvalue weighted by atomic mass is 19.1. The van der Waals surface area contributed by atoms with Crippen molar-refractivity contribution in [1.29, 1.82) is 0 Å². The van der Waals surface area contributed by atoms with Gasteiger partial charge in [0.25, 0.3) is 0 Å². The van der Waals surface area contributed by atoms with Crippen molar-refractivity contribution < 1.29 is 13.6 Å². The number of nitrogens with zero attached hydrogens (tertiary/aromatic N) is 2. The first-order valence-corrected chi connectivity index (χ1v) is 12.1. The Hall–Kier alpha value is -3.14. The van der Waals surface area contributed by atoms with Gasteiger partial charge in [-0.2, -0.15) is 0 Å². The quantitative estimate of drug-likeness (QED) is 0.324. The van der Waals surface area contributed by atoms with Gasteiger partial charge in [0, 0.05) is 31.4 Å². The first kappa shape index (κ1) is 27.4. The Morgan fingerprint density at radius 1 is 1.11 bits per heavy atom. The fraction of sp³-hybridized carbons (Fsp3) is 0.407. The standard InChI is InChI=1S/C27H36F2N6O/c1-27(2,3)24(32-13-11-22(31)26(36)33-14-12-30)25-34-23(20-15-19(28)9-10-21(20)29)17-35(25)16-18-7-5-4-6-8-18/h4-10,15,17,22,24,32H,11-14,16,30-31H2,1-3H3,(H,33,36)/t22-,24-/m0/s1. The zero-order valence-corrected chi connectivity index (χ0v) is 21.1. The topological polar surface area (TPSA) is 111 Å². The van der Waals surface area contributed by atoms with Crippen LogP contribution < -0.4 is 22.1 Å². The number of hydrogen-bond donors (Lipinski definition) is 4. The molecule has 0 radical (unpaired) electrons. The molecular formula is C27H36F2N6O. The summed E-state index contributed by atoms with van der Waals surface area (Å²) in [4.78, 5) is 16.9. The van der Waals surface area contributed by atoms with Crippen LogP contribution in [0.1, 0.15) is 44.6 Å². The van der Waals surface area contributed by atoms with Gasteiger partial charge in [-0.1, -0.05) is 51.1 Å². The fourth-order valence-corrected chi connectivity index (χ4v) is 4.02. The van der Waals surface area contributed by atoms with Crippen LogP contribution in [0.2, 0.25) is 0 Å². The van der Waals surface area contributed by atoms with Crippen LogP contribution in [0.4, 0.5) is 8.78 Å². The Bertz CT molecular complexity index is 1140. The molecule has 0 bridgehead atoms.